The third-order valence-electron chi connectivity index (χ3n) is 6.09. The Hall–Kier alpha value is -2.05. The highest BCUT2D eigenvalue weighted by Gasteiger charge is 2.22. The molecule has 0 saturated carbocycles. The van der Waals surface area contributed by atoms with Gasteiger partial charge < -0.3 is 24.4 Å². The van der Waals surface area contributed by atoms with E-state index in [4.69, 9.17) is 19.2 Å². The number of aromatic nitrogens is 1. The molecule has 1 atom stereocenters. The highest BCUT2D eigenvalue weighted by molar-refractivity contribution is 5.96. The van der Waals surface area contributed by atoms with Crippen LogP contribution in [0.2, 0.25) is 0 Å². The van der Waals surface area contributed by atoms with Gasteiger partial charge in [0.25, 0.3) is 0 Å². The molecule has 1 aromatic heterocycles. The van der Waals surface area contributed by atoms with E-state index in [1.165, 1.54) is 23.4 Å². The zero-order valence-corrected chi connectivity index (χ0v) is 17.9. The molecule has 1 N–H and O–H groups in total. The summed E-state index contributed by atoms with van der Waals surface area (Å²) in [6, 6.07) is 4.13. The van der Waals surface area contributed by atoms with E-state index in [9.17, 15) is 0 Å². The molecule has 0 amide bonds. The number of rotatable bonds is 9. The molecule has 158 valence electrons. The predicted molar refractivity (Wildman–Crippen MR) is 116 cm³/mol. The van der Waals surface area contributed by atoms with Gasteiger partial charge in [-0.1, -0.05) is 0 Å². The lowest BCUT2D eigenvalue weighted by molar-refractivity contribution is 0.107. The summed E-state index contributed by atoms with van der Waals surface area (Å²) in [5.74, 6) is 1.56. The van der Waals surface area contributed by atoms with Gasteiger partial charge in [-0.15, -0.1) is 0 Å². The summed E-state index contributed by atoms with van der Waals surface area (Å²) >= 11 is 0. The Morgan fingerprint density at radius 2 is 2.10 bits per heavy atom. The number of ether oxygens (including phenoxy) is 3. The number of hydrogen-bond acceptors (Lipinski definition) is 6. The Labute approximate surface area is 173 Å². The van der Waals surface area contributed by atoms with Crippen LogP contribution >= 0.6 is 0 Å². The van der Waals surface area contributed by atoms with Gasteiger partial charge in [0.1, 0.15) is 0 Å². The van der Waals surface area contributed by atoms with E-state index in [2.05, 4.69) is 23.2 Å². The van der Waals surface area contributed by atoms with Crippen LogP contribution < -0.4 is 14.8 Å². The van der Waals surface area contributed by atoms with Crippen LogP contribution in [0.25, 0.3) is 10.9 Å². The van der Waals surface area contributed by atoms with Crippen LogP contribution in [-0.4, -0.2) is 63.0 Å². The average Bonchev–Trinajstić information content (AvgIpc) is 3.39. The van der Waals surface area contributed by atoms with E-state index >= 15 is 0 Å². The molecule has 1 saturated heterocycles. The number of likely N-dealkylation sites (tertiary alicyclic amines) is 1. The largest absolute Gasteiger partial charge is 0.493 e. The van der Waals surface area contributed by atoms with Gasteiger partial charge in [0, 0.05) is 56.1 Å². The number of pyridine rings is 1. The average molecular weight is 400 g/mol. The summed E-state index contributed by atoms with van der Waals surface area (Å²) < 4.78 is 17.2. The predicted octanol–water partition coefficient (Wildman–Crippen LogP) is 3.65. The van der Waals surface area contributed by atoms with Crippen molar-refractivity contribution in [1.82, 2.24) is 9.88 Å². The fourth-order valence-electron chi connectivity index (χ4n) is 4.58. The molecule has 0 radical (unpaired) electrons. The van der Waals surface area contributed by atoms with Gasteiger partial charge in [-0.3, -0.25) is 4.98 Å². The molecule has 2 aromatic rings. The molecular formula is C23H33N3O3. The van der Waals surface area contributed by atoms with Crippen molar-refractivity contribution in [3.8, 4) is 11.5 Å². The van der Waals surface area contributed by atoms with Gasteiger partial charge in [0.15, 0.2) is 11.5 Å². The van der Waals surface area contributed by atoms with Gasteiger partial charge in [-0.2, -0.15) is 0 Å². The summed E-state index contributed by atoms with van der Waals surface area (Å²) in [5, 5.41) is 4.69. The van der Waals surface area contributed by atoms with Crippen molar-refractivity contribution in [2.75, 3.05) is 52.3 Å². The zero-order chi connectivity index (χ0) is 20.2. The van der Waals surface area contributed by atoms with Crippen molar-refractivity contribution in [3.05, 3.63) is 23.4 Å². The van der Waals surface area contributed by atoms with Crippen LogP contribution in [0.5, 0.6) is 11.5 Å². The monoisotopic (exact) mass is 399 g/mol. The fraction of sp³-hybridized carbons (Fsp3) is 0.609. The van der Waals surface area contributed by atoms with E-state index in [0.717, 1.165) is 74.3 Å². The summed E-state index contributed by atoms with van der Waals surface area (Å²) in [6.07, 6.45) is 5.83. The molecule has 0 unspecified atom stereocenters. The highest BCUT2D eigenvalue weighted by Crippen LogP contribution is 2.39. The number of hydrogen-bond donors (Lipinski definition) is 1. The number of nitrogens with zero attached hydrogens (tertiary/aromatic N) is 2. The highest BCUT2D eigenvalue weighted by atomic mass is 16.5. The molecule has 29 heavy (non-hydrogen) atoms. The van der Waals surface area contributed by atoms with Gasteiger partial charge in [0.2, 0.25) is 0 Å². The second-order valence-corrected chi connectivity index (χ2v) is 7.97. The lowest BCUT2D eigenvalue weighted by Crippen LogP contribution is -2.25. The first-order chi connectivity index (χ1) is 14.2. The zero-order valence-electron chi connectivity index (χ0n) is 17.9. The van der Waals surface area contributed by atoms with E-state index in [1.54, 1.807) is 14.2 Å². The standard InChI is InChI=1S/C23H33N3O3/c1-4-24-23-17-7-5-8-19(17)25-20-14-22(21(28-3)13-18(20)23)29-12-6-10-26-11-9-16(15-26)27-2/h13-14,16H,4-12,15H2,1-3H3,(H,24,25)/t16-/m1/s1. The first-order valence-corrected chi connectivity index (χ1v) is 10.9. The smallest absolute Gasteiger partial charge is 0.163 e. The normalized spacial score (nSPS) is 18.9. The van der Waals surface area contributed by atoms with E-state index in [1.807, 2.05) is 6.07 Å². The maximum absolute atomic E-state index is 6.13. The first kappa shape index (κ1) is 20.2. The van der Waals surface area contributed by atoms with Crippen molar-refractivity contribution in [2.24, 2.45) is 0 Å². The van der Waals surface area contributed by atoms with Crippen molar-refractivity contribution in [3.63, 3.8) is 0 Å². The van der Waals surface area contributed by atoms with E-state index in [-0.39, 0.29) is 0 Å². The molecule has 0 bridgehead atoms. The Balaban J connectivity index is 1.48. The molecule has 1 aliphatic heterocycles. The minimum absolute atomic E-state index is 0.384. The van der Waals surface area contributed by atoms with Crippen LogP contribution in [0.1, 0.15) is 37.4 Å². The quantitative estimate of drug-likeness (QED) is 0.650. The molecule has 2 heterocycles. The Morgan fingerprint density at radius 1 is 1.21 bits per heavy atom. The molecule has 2 aliphatic rings. The molecule has 1 aromatic carbocycles. The van der Waals surface area contributed by atoms with Gasteiger partial charge in [0.05, 0.1) is 25.3 Å². The topological polar surface area (TPSA) is 55.9 Å². The van der Waals surface area contributed by atoms with Crippen LogP contribution in [0, 0.1) is 0 Å². The molecule has 6 heteroatoms. The van der Waals surface area contributed by atoms with Crippen LogP contribution in [0.4, 0.5) is 5.69 Å². The molecule has 6 nitrogen and oxygen atoms in total. The second-order valence-electron chi connectivity index (χ2n) is 7.97. The maximum Gasteiger partial charge on any atom is 0.163 e. The summed E-state index contributed by atoms with van der Waals surface area (Å²) in [5.41, 5.74) is 4.80. The Bertz CT molecular complexity index is 855. The Kier molecular flexibility index (Phi) is 6.40. The second kappa shape index (κ2) is 9.18. The number of aryl methyl sites for hydroxylation is 1. The third kappa shape index (κ3) is 4.28. The molecule has 0 spiro atoms. The molecule has 1 fully saturated rings. The van der Waals surface area contributed by atoms with Gasteiger partial charge in [-0.25, -0.2) is 0 Å². The maximum atomic E-state index is 6.13. The molecule has 1 aliphatic carbocycles. The van der Waals surface area contributed by atoms with Crippen LogP contribution in [-0.2, 0) is 17.6 Å². The first-order valence-electron chi connectivity index (χ1n) is 10.9. The summed E-state index contributed by atoms with van der Waals surface area (Å²) in [7, 11) is 3.50. The summed E-state index contributed by atoms with van der Waals surface area (Å²) in [6.45, 7) is 6.87. The number of anilines is 1. The lowest BCUT2D eigenvalue weighted by Gasteiger charge is -2.18. The minimum atomic E-state index is 0.384. The van der Waals surface area contributed by atoms with E-state index < -0.39 is 0 Å². The number of methoxy groups -OCH3 is 2. The number of nitrogens with one attached hydrogen (secondary N) is 1. The van der Waals surface area contributed by atoms with Crippen molar-refractivity contribution in [1.29, 1.82) is 0 Å². The minimum Gasteiger partial charge on any atom is -0.493 e. The van der Waals surface area contributed by atoms with Crippen molar-refractivity contribution < 1.29 is 14.2 Å². The molecular weight excluding hydrogens is 366 g/mol. The van der Waals surface area contributed by atoms with Crippen molar-refractivity contribution >= 4 is 16.6 Å². The van der Waals surface area contributed by atoms with Gasteiger partial charge >= 0.3 is 0 Å². The lowest BCUT2D eigenvalue weighted by atomic mass is 10.1. The van der Waals surface area contributed by atoms with Crippen molar-refractivity contribution in [2.45, 2.75) is 45.1 Å². The SMILES string of the molecule is CCNc1c2c(nc3cc(OCCCN4CC[C@@H](OC)C4)c(OC)cc13)CCC2. The van der Waals surface area contributed by atoms with Crippen LogP contribution in [0.15, 0.2) is 12.1 Å². The number of fused-ring (bicyclic) bond motifs is 2. The van der Waals surface area contributed by atoms with Crippen LogP contribution in [0.3, 0.4) is 0 Å². The number of benzene rings is 1. The summed E-state index contributed by atoms with van der Waals surface area (Å²) in [4.78, 5) is 7.39. The van der Waals surface area contributed by atoms with Gasteiger partial charge in [-0.05, 0) is 50.7 Å². The molecule has 4 rings (SSSR count). The Morgan fingerprint density at radius 3 is 2.86 bits per heavy atom. The van der Waals surface area contributed by atoms with E-state index in [0.29, 0.717) is 12.7 Å². The third-order valence-corrected chi connectivity index (χ3v) is 6.09. The fourth-order valence-corrected chi connectivity index (χ4v) is 4.58.